The standard InChI is InChI=1S/C31H19ClO/c32-27-19-18-26-30(29(27)20-10-2-1-3-11-20)33-28-17-9-8-16-25(28)31(26)23-14-6-4-12-21(23)22-13-5-7-15-24(22)31/h1-19H. The Morgan fingerprint density at radius 1 is 0.515 bits per heavy atom. The molecule has 2 heteroatoms. The first kappa shape index (κ1) is 18.7. The fraction of sp³-hybridized carbons (Fsp3) is 0.0323. The summed E-state index contributed by atoms with van der Waals surface area (Å²) in [5, 5.41) is 0.689. The molecule has 0 saturated heterocycles. The molecule has 2 aliphatic rings. The van der Waals surface area contributed by atoms with E-state index < -0.39 is 5.41 Å². The first-order valence-corrected chi connectivity index (χ1v) is 11.5. The third-order valence-corrected chi connectivity index (χ3v) is 7.34. The summed E-state index contributed by atoms with van der Waals surface area (Å²) in [7, 11) is 0. The van der Waals surface area contributed by atoms with Gasteiger partial charge in [0.2, 0.25) is 0 Å². The third-order valence-electron chi connectivity index (χ3n) is 7.03. The summed E-state index contributed by atoms with van der Waals surface area (Å²) in [6, 6.07) is 40.4. The Labute approximate surface area is 197 Å². The molecule has 0 radical (unpaired) electrons. The fourth-order valence-corrected chi connectivity index (χ4v) is 6.03. The Hall–Kier alpha value is -3.81. The number of hydrogen-bond acceptors (Lipinski definition) is 1. The van der Waals surface area contributed by atoms with Gasteiger partial charge >= 0.3 is 0 Å². The quantitative estimate of drug-likeness (QED) is 0.247. The fourth-order valence-electron chi connectivity index (χ4n) is 5.77. The van der Waals surface area contributed by atoms with Crippen LogP contribution in [0.25, 0.3) is 22.3 Å². The van der Waals surface area contributed by atoms with E-state index in [0.29, 0.717) is 5.02 Å². The molecule has 0 N–H and O–H groups in total. The van der Waals surface area contributed by atoms with E-state index in [1.807, 2.05) is 30.3 Å². The van der Waals surface area contributed by atoms with Crippen LogP contribution < -0.4 is 4.74 Å². The first-order valence-electron chi connectivity index (χ1n) is 11.2. The van der Waals surface area contributed by atoms with Crippen LogP contribution in [0.3, 0.4) is 0 Å². The smallest absolute Gasteiger partial charge is 0.141 e. The molecule has 0 aromatic heterocycles. The molecule has 1 spiro atoms. The van der Waals surface area contributed by atoms with Crippen molar-refractivity contribution < 1.29 is 4.74 Å². The minimum Gasteiger partial charge on any atom is -0.456 e. The summed E-state index contributed by atoms with van der Waals surface area (Å²) in [5.41, 5.74) is 8.91. The molecule has 5 aromatic carbocycles. The van der Waals surface area contributed by atoms with Gasteiger partial charge in [0.15, 0.2) is 0 Å². The van der Waals surface area contributed by atoms with E-state index in [-0.39, 0.29) is 0 Å². The van der Waals surface area contributed by atoms with E-state index in [2.05, 4.69) is 84.9 Å². The lowest BCUT2D eigenvalue weighted by Gasteiger charge is -2.40. The van der Waals surface area contributed by atoms with E-state index in [4.69, 9.17) is 16.3 Å². The molecule has 1 heterocycles. The monoisotopic (exact) mass is 442 g/mol. The number of rotatable bonds is 1. The lowest BCUT2D eigenvalue weighted by Crippen LogP contribution is -2.32. The van der Waals surface area contributed by atoms with E-state index in [1.165, 1.54) is 22.3 Å². The predicted molar refractivity (Wildman–Crippen MR) is 134 cm³/mol. The van der Waals surface area contributed by atoms with Crippen LogP contribution in [0.1, 0.15) is 22.3 Å². The van der Waals surface area contributed by atoms with E-state index in [0.717, 1.165) is 33.8 Å². The topological polar surface area (TPSA) is 9.23 Å². The number of ether oxygens (including phenoxy) is 1. The van der Waals surface area contributed by atoms with Gasteiger partial charge in [0, 0.05) is 16.7 Å². The molecule has 1 aliphatic heterocycles. The SMILES string of the molecule is Clc1ccc2c(c1-c1ccccc1)Oc1ccccc1C21c2ccccc2-c2ccccc21. The Morgan fingerprint density at radius 3 is 1.79 bits per heavy atom. The van der Waals surface area contributed by atoms with Crippen molar-refractivity contribution in [2.45, 2.75) is 5.41 Å². The van der Waals surface area contributed by atoms with Crippen molar-refractivity contribution in [3.63, 3.8) is 0 Å². The lowest BCUT2D eigenvalue weighted by molar-refractivity contribution is 0.438. The maximum absolute atomic E-state index is 6.84. The number of halogens is 1. The highest BCUT2D eigenvalue weighted by Gasteiger charge is 2.51. The molecule has 5 aromatic rings. The second kappa shape index (κ2) is 6.84. The van der Waals surface area contributed by atoms with Gasteiger partial charge in [0.05, 0.1) is 10.4 Å². The summed E-state index contributed by atoms with van der Waals surface area (Å²) in [4.78, 5) is 0. The van der Waals surface area contributed by atoms with Gasteiger partial charge in [-0.3, -0.25) is 0 Å². The zero-order valence-corrected chi connectivity index (χ0v) is 18.5. The number of hydrogen-bond donors (Lipinski definition) is 0. The molecule has 0 atom stereocenters. The second-order valence-corrected chi connectivity index (χ2v) is 9.01. The van der Waals surface area contributed by atoms with Crippen molar-refractivity contribution in [2.24, 2.45) is 0 Å². The Kier molecular flexibility index (Phi) is 3.88. The van der Waals surface area contributed by atoms with Crippen LogP contribution >= 0.6 is 11.6 Å². The highest BCUT2D eigenvalue weighted by atomic mass is 35.5. The molecule has 7 rings (SSSR count). The Bertz CT molecular complexity index is 1510. The van der Waals surface area contributed by atoms with Crippen molar-refractivity contribution in [3.05, 3.63) is 143 Å². The molecular weight excluding hydrogens is 424 g/mol. The predicted octanol–water partition coefficient (Wildman–Crippen LogP) is 8.48. The van der Waals surface area contributed by atoms with Crippen LogP contribution in [0.15, 0.2) is 115 Å². The molecule has 1 nitrogen and oxygen atoms in total. The van der Waals surface area contributed by atoms with E-state index >= 15 is 0 Å². The molecule has 1 aliphatic carbocycles. The number of para-hydroxylation sites is 1. The molecule has 0 amide bonds. The van der Waals surface area contributed by atoms with Crippen LogP contribution in [0, 0.1) is 0 Å². The molecule has 33 heavy (non-hydrogen) atoms. The van der Waals surface area contributed by atoms with E-state index in [9.17, 15) is 0 Å². The maximum Gasteiger partial charge on any atom is 0.141 e. The highest BCUT2D eigenvalue weighted by molar-refractivity contribution is 6.33. The van der Waals surface area contributed by atoms with E-state index in [1.54, 1.807) is 0 Å². The summed E-state index contributed by atoms with van der Waals surface area (Å²) in [5.74, 6) is 1.70. The largest absolute Gasteiger partial charge is 0.456 e. The Balaban J connectivity index is 1.68. The first-order chi connectivity index (χ1) is 16.3. The normalized spacial score (nSPS) is 14.1. The van der Waals surface area contributed by atoms with Crippen LogP contribution in [-0.4, -0.2) is 0 Å². The summed E-state index contributed by atoms with van der Waals surface area (Å²) in [6.07, 6.45) is 0. The minimum absolute atomic E-state index is 0.467. The molecular formula is C31H19ClO. The van der Waals surface area contributed by atoms with Crippen molar-refractivity contribution >= 4 is 11.6 Å². The Morgan fingerprint density at radius 2 is 1.09 bits per heavy atom. The lowest BCUT2D eigenvalue weighted by atomic mass is 9.65. The summed E-state index contributed by atoms with van der Waals surface area (Å²) >= 11 is 6.84. The van der Waals surface area contributed by atoms with Crippen molar-refractivity contribution in [1.29, 1.82) is 0 Å². The zero-order valence-electron chi connectivity index (χ0n) is 17.8. The van der Waals surface area contributed by atoms with Gasteiger partial charge in [-0.1, -0.05) is 115 Å². The summed E-state index contributed by atoms with van der Waals surface area (Å²) in [6.45, 7) is 0. The van der Waals surface area contributed by atoms with Crippen LogP contribution in [0.4, 0.5) is 0 Å². The van der Waals surface area contributed by atoms with Gasteiger partial charge in [-0.15, -0.1) is 0 Å². The van der Waals surface area contributed by atoms with Crippen LogP contribution in [0.5, 0.6) is 11.5 Å². The van der Waals surface area contributed by atoms with Crippen molar-refractivity contribution in [2.75, 3.05) is 0 Å². The van der Waals surface area contributed by atoms with Gasteiger partial charge < -0.3 is 4.74 Å². The minimum atomic E-state index is -0.467. The average molecular weight is 443 g/mol. The van der Waals surface area contributed by atoms with Gasteiger partial charge in [0.1, 0.15) is 11.5 Å². The molecule has 0 fully saturated rings. The molecule has 156 valence electrons. The van der Waals surface area contributed by atoms with Gasteiger partial charge in [-0.05, 0) is 39.9 Å². The number of benzene rings is 5. The molecule has 0 saturated carbocycles. The van der Waals surface area contributed by atoms with Gasteiger partial charge in [0.25, 0.3) is 0 Å². The van der Waals surface area contributed by atoms with Crippen LogP contribution in [0.2, 0.25) is 5.02 Å². The zero-order chi connectivity index (χ0) is 22.0. The summed E-state index contributed by atoms with van der Waals surface area (Å²) < 4.78 is 6.68. The average Bonchev–Trinajstić information content (AvgIpc) is 3.16. The molecule has 0 unspecified atom stereocenters. The maximum atomic E-state index is 6.84. The van der Waals surface area contributed by atoms with Crippen molar-refractivity contribution in [3.8, 4) is 33.8 Å². The third kappa shape index (κ3) is 2.38. The second-order valence-electron chi connectivity index (χ2n) is 8.60. The molecule has 0 bridgehead atoms. The number of fused-ring (bicyclic) bond motifs is 9. The van der Waals surface area contributed by atoms with Crippen LogP contribution in [-0.2, 0) is 5.41 Å². The highest BCUT2D eigenvalue weighted by Crippen LogP contribution is 2.63. The van der Waals surface area contributed by atoms with Crippen molar-refractivity contribution in [1.82, 2.24) is 0 Å². The van der Waals surface area contributed by atoms with Gasteiger partial charge in [-0.25, -0.2) is 0 Å². The van der Waals surface area contributed by atoms with Gasteiger partial charge in [-0.2, -0.15) is 0 Å².